The number of hydrogen-bond acceptors (Lipinski definition) is 4. The van der Waals surface area contributed by atoms with Gasteiger partial charge in [-0.3, -0.25) is 9.36 Å². The lowest BCUT2D eigenvalue weighted by Crippen LogP contribution is -2.24. The van der Waals surface area contributed by atoms with Crippen molar-refractivity contribution in [2.75, 3.05) is 0 Å². The summed E-state index contributed by atoms with van der Waals surface area (Å²) in [5.41, 5.74) is 1.13. The number of aromatic carboxylic acids is 1. The van der Waals surface area contributed by atoms with Crippen LogP contribution in [0.2, 0.25) is 0 Å². The van der Waals surface area contributed by atoms with Crippen LogP contribution in [0.3, 0.4) is 0 Å². The third kappa shape index (κ3) is 2.33. The van der Waals surface area contributed by atoms with Crippen molar-refractivity contribution in [3.05, 3.63) is 49.8 Å². The predicted molar refractivity (Wildman–Crippen MR) is 68.4 cm³/mol. The lowest BCUT2D eigenvalue weighted by Gasteiger charge is -2.09. The second-order valence-corrected chi connectivity index (χ2v) is 4.87. The Kier molecular flexibility index (Phi) is 3.29. The highest BCUT2D eigenvalue weighted by Crippen LogP contribution is 2.17. The molecule has 6 heteroatoms. The molecule has 0 bridgehead atoms. The van der Waals surface area contributed by atoms with Crippen molar-refractivity contribution in [1.82, 2.24) is 9.55 Å². The maximum absolute atomic E-state index is 11.8. The van der Waals surface area contributed by atoms with Crippen LogP contribution in [0.15, 0.2) is 22.3 Å². The zero-order valence-electron chi connectivity index (χ0n) is 10.0. The van der Waals surface area contributed by atoms with Gasteiger partial charge in [0.2, 0.25) is 0 Å². The summed E-state index contributed by atoms with van der Waals surface area (Å²) in [6.07, 6.45) is 0. The lowest BCUT2D eigenvalue weighted by molar-refractivity contribution is 0.0701. The van der Waals surface area contributed by atoms with Gasteiger partial charge in [-0.05, 0) is 30.9 Å². The molecule has 1 N–H and O–H groups in total. The third-order valence-electron chi connectivity index (χ3n) is 2.60. The van der Waals surface area contributed by atoms with Gasteiger partial charge in [-0.2, -0.15) is 0 Å². The Bertz CT molecular complexity index is 658. The molecule has 0 spiro atoms. The van der Waals surface area contributed by atoms with Gasteiger partial charge in [-0.1, -0.05) is 0 Å². The molecule has 0 aliphatic rings. The van der Waals surface area contributed by atoms with Crippen molar-refractivity contribution in [1.29, 1.82) is 0 Å². The van der Waals surface area contributed by atoms with Crippen molar-refractivity contribution in [2.24, 2.45) is 0 Å². The number of aromatic nitrogens is 2. The van der Waals surface area contributed by atoms with Crippen molar-refractivity contribution < 1.29 is 9.90 Å². The van der Waals surface area contributed by atoms with E-state index in [0.717, 1.165) is 11.3 Å². The molecular formula is C12H12N2O3S. The topological polar surface area (TPSA) is 72.2 Å². The second kappa shape index (κ2) is 4.73. The monoisotopic (exact) mass is 264 g/mol. The molecule has 5 nitrogen and oxygen atoms in total. The number of nitrogens with zero attached hydrogens (tertiary/aromatic N) is 2. The van der Waals surface area contributed by atoms with Gasteiger partial charge in [-0.15, -0.1) is 11.3 Å². The Morgan fingerprint density at radius 1 is 1.50 bits per heavy atom. The molecule has 0 unspecified atom stereocenters. The van der Waals surface area contributed by atoms with E-state index >= 15 is 0 Å². The number of rotatable bonds is 3. The van der Waals surface area contributed by atoms with E-state index in [1.165, 1.54) is 10.6 Å². The maximum Gasteiger partial charge on any atom is 0.346 e. The molecule has 0 atom stereocenters. The van der Waals surface area contributed by atoms with Crippen LogP contribution in [0.4, 0.5) is 0 Å². The van der Waals surface area contributed by atoms with Gasteiger partial charge in [-0.25, -0.2) is 9.78 Å². The second-order valence-electron chi connectivity index (χ2n) is 3.95. The third-order valence-corrected chi connectivity index (χ3v) is 3.54. The number of carboxylic acid groups (broad SMARTS) is 1. The Morgan fingerprint density at radius 3 is 2.83 bits per heavy atom. The molecule has 0 aliphatic carbocycles. The summed E-state index contributed by atoms with van der Waals surface area (Å²) in [4.78, 5) is 27.3. The summed E-state index contributed by atoms with van der Waals surface area (Å²) in [7, 11) is 0. The fourth-order valence-electron chi connectivity index (χ4n) is 1.77. The first-order chi connectivity index (χ1) is 8.49. The summed E-state index contributed by atoms with van der Waals surface area (Å²) in [6, 6.07) is 3.17. The normalized spacial score (nSPS) is 10.6. The van der Waals surface area contributed by atoms with Crippen molar-refractivity contribution in [3.8, 4) is 0 Å². The lowest BCUT2D eigenvalue weighted by atomic mass is 10.2. The summed E-state index contributed by atoms with van der Waals surface area (Å²) < 4.78 is 1.47. The van der Waals surface area contributed by atoms with E-state index in [4.69, 9.17) is 5.11 Å². The van der Waals surface area contributed by atoms with Gasteiger partial charge < -0.3 is 5.11 Å². The molecule has 0 saturated heterocycles. The predicted octanol–water partition coefficient (Wildman–Crippen LogP) is 1.67. The Labute approximate surface area is 107 Å². The number of carboxylic acids is 1. The van der Waals surface area contributed by atoms with Gasteiger partial charge in [0.05, 0.1) is 6.54 Å². The molecule has 0 aromatic carbocycles. The largest absolute Gasteiger partial charge is 0.477 e. The van der Waals surface area contributed by atoms with Crippen LogP contribution in [-0.2, 0) is 6.54 Å². The van der Waals surface area contributed by atoms with Gasteiger partial charge >= 0.3 is 5.97 Å². The standard InChI is InChI=1S/C12H12N2O3S/c1-7-5-10(15)14(8(2)13-7)6-9-3-4-18-11(9)12(16)17/h3-5H,6H2,1-2H3,(H,16,17). The molecule has 0 saturated carbocycles. The highest BCUT2D eigenvalue weighted by atomic mass is 32.1. The van der Waals surface area contributed by atoms with Crippen LogP contribution in [0, 0.1) is 13.8 Å². The smallest absolute Gasteiger partial charge is 0.346 e. The molecule has 2 rings (SSSR count). The highest BCUT2D eigenvalue weighted by molar-refractivity contribution is 7.12. The van der Waals surface area contributed by atoms with Crippen LogP contribution in [0.25, 0.3) is 0 Å². The minimum atomic E-state index is -0.967. The van der Waals surface area contributed by atoms with E-state index in [9.17, 15) is 9.59 Å². The number of carbonyl (C=O) groups is 1. The molecular weight excluding hydrogens is 252 g/mol. The van der Waals surface area contributed by atoms with E-state index in [2.05, 4.69) is 4.98 Å². The molecule has 0 fully saturated rings. The molecule has 18 heavy (non-hydrogen) atoms. The average molecular weight is 264 g/mol. The Hall–Kier alpha value is -1.95. The summed E-state index contributed by atoms with van der Waals surface area (Å²) in [6.45, 7) is 3.73. The highest BCUT2D eigenvalue weighted by Gasteiger charge is 2.13. The minimum Gasteiger partial charge on any atom is -0.477 e. The van der Waals surface area contributed by atoms with Gasteiger partial charge in [0.15, 0.2) is 0 Å². The molecule has 2 aromatic rings. The number of thiophene rings is 1. The van der Waals surface area contributed by atoms with E-state index in [-0.39, 0.29) is 17.0 Å². The average Bonchev–Trinajstić information content (AvgIpc) is 2.71. The number of aryl methyl sites for hydroxylation is 2. The van der Waals surface area contributed by atoms with Crippen molar-refractivity contribution in [2.45, 2.75) is 20.4 Å². The van der Waals surface area contributed by atoms with E-state index in [0.29, 0.717) is 17.1 Å². The number of hydrogen-bond donors (Lipinski definition) is 1. The first-order valence-corrected chi connectivity index (χ1v) is 6.21. The minimum absolute atomic E-state index is 0.164. The summed E-state index contributed by atoms with van der Waals surface area (Å²) in [5, 5.41) is 10.7. The molecule has 2 aromatic heterocycles. The maximum atomic E-state index is 11.8. The van der Waals surface area contributed by atoms with Crippen LogP contribution < -0.4 is 5.56 Å². The van der Waals surface area contributed by atoms with Gasteiger partial charge in [0.1, 0.15) is 10.7 Å². The SMILES string of the molecule is Cc1cc(=O)n(Cc2ccsc2C(=O)O)c(C)n1. The first kappa shape index (κ1) is 12.5. The van der Waals surface area contributed by atoms with E-state index in [1.54, 1.807) is 25.3 Å². The fraction of sp³-hybridized carbons (Fsp3) is 0.250. The zero-order valence-corrected chi connectivity index (χ0v) is 10.8. The van der Waals surface area contributed by atoms with Gasteiger partial charge in [0, 0.05) is 11.8 Å². The zero-order chi connectivity index (χ0) is 13.3. The molecule has 0 amide bonds. The van der Waals surface area contributed by atoms with Crippen LogP contribution >= 0.6 is 11.3 Å². The van der Waals surface area contributed by atoms with Crippen molar-refractivity contribution >= 4 is 17.3 Å². The Balaban J connectivity index is 2.44. The van der Waals surface area contributed by atoms with Crippen LogP contribution in [0.5, 0.6) is 0 Å². The molecule has 0 aliphatic heterocycles. The molecule has 0 radical (unpaired) electrons. The Morgan fingerprint density at radius 2 is 2.22 bits per heavy atom. The van der Waals surface area contributed by atoms with E-state index < -0.39 is 5.97 Å². The van der Waals surface area contributed by atoms with Gasteiger partial charge in [0.25, 0.3) is 5.56 Å². The fourth-order valence-corrected chi connectivity index (χ4v) is 2.53. The van der Waals surface area contributed by atoms with Crippen LogP contribution in [-0.4, -0.2) is 20.6 Å². The molecule has 94 valence electrons. The summed E-state index contributed by atoms with van der Waals surface area (Å²) in [5.74, 6) is -0.381. The first-order valence-electron chi connectivity index (χ1n) is 5.34. The van der Waals surface area contributed by atoms with Crippen LogP contribution in [0.1, 0.15) is 26.8 Å². The summed E-state index contributed by atoms with van der Waals surface area (Å²) >= 11 is 1.16. The quantitative estimate of drug-likeness (QED) is 0.915. The van der Waals surface area contributed by atoms with E-state index in [1.807, 2.05) is 0 Å². The molecule has 2 heterocycles. The van der Waals surface area contributed by atoms with Crippen molar-refractivity contribution in [3.63, 3.8) is 0 Å².